The van der Waals surface area contributed by atoms with Crippen molar-refractivity contribution >= 4 is 27.5 Å². The zero-order valence-corrected chi connectivity index (χ0v) is 10.7. The van der Waals surface area contributed by atoms with E-state index in [1.807, 2.05) is 30.3 Å². The molecule has 17 heavy (non-hydrogen) atoms. The van der Waals surface area contributed by atoms with Crippen LogP contribution in [-0.4, -0.2) is 15.9 Å². The van der Waals surface area contributed by atoms with Crippen LogP contribution in [0.2, 0.25) is 0 Å². The number of carbonyl (C=O) groups is 1. The highest BCUT2D eigenvalue weighted by atomic mass is 79.9. The largest absolute Gasteiger partial charge is 0.321 e. The maximum atomic E-state index is 12.0. The van der Waals surface area contributed by atoms with Gasteiger partial charge in [0.1, 0.15) is 11.5 Å². The van der Waals surface area contributed by atoms with Gasteiger partial charge in [0.05, 0.1) is 4.47 Å². The third-order valence-electron chi connectivity index (χ3n) is 2.11. The number of amides is 1. The standard InChI is InChI=1S/C12H10BrN3O/c1-8-14-7-10(13)11(15-8)12(17)16-9-5-3-2-4-6-9/h2-7H,1H3,(H,16,17). The third-order valence-corrected chi connectivity index (χ3v) is 2.69. The number of halogens is 1. The molecular weight excluding hydrogens is 282 g/mol. The lowest BCUT2D eigenvalue weighted by atomic mass is 10.3. The first-order chi connectivity index (χ1) is 8.16. The first-order valence-electron chi connectivity index (χ1n) is 5.02. The quantitative estimate of drug-likeness (QED) is 0.926. The number of nitrogens with zero attached hydrogens (tertiary/aromatic N) is 2. The summed E-state index contributed by atoms with van der Waals surface area (Å²) in [7, 11) is 0. The second kappa shape index (κ2) is 5.05. The van der Waals surface area contributed by atoms with E-state index in [1.165, 1.54) is 0 Å². The fraction of sp³-hybridized carbons (Fsp3) is 0.0833. The maximum absolute atomic E-state index is 12.0. The van der Waals surface area contributed by atoms with Crippen molar-refractivity contribution in [3.8, 4) is 0 Å². The average molecular weight is 292 g/mol. The second-order valence-corrected chi connectivity index (χ2v) is 4.29. The van der Waals surface area contributed by atoms with Crippen LogP contribution in [0.15, 0.2) is 41.0 Å². The molecule has 1 aromatic carbocycles. The number of nitrogens with one attached hydrogen (secondary N) is 1. The van der Waals surface area contributed by atoms with Gasteiger partial charge in [-0.05, 0) is 35.0 Å². The molecule has 0 bridgehead atoms. The molecule has 0 aliphatic carbocycles. The molecule has 2 rings (SSSR count). The Labute approximate surface area is 107 Å². The molecule has 1 N–H and O–H groups in total. The molecule has 0 saturated carbocycles. The van der Waals surface area contributed by atoms with Gasteiger partial charge in [-0.1, -0.05) is 18.2 Å². The third kappa shape index (κ3) is 2.88. The summed E-state index contributed by atoms with van der Waals surface area (Å²) >= 11 is 3.26. The molecule has 0 unspecified atom stereocenters. The number of para-hydroxylation sites is 1. The van der Waals surface area contributed by atoms with E-state index in [1.54, 1.807) is 13.1 Å². The summed E-state index contributed by atoms with van der Waals surface area (Å²) in [6, 6.07) is 9.24. The van der Waals surface area contributed by atoms with Gasteiger partial charge in [0.15, 0.2) is 0 Å². The molecule has 0 atom stereocenters. The lowest BCUT2D eigenvalue weighted by molar-refractivity contribution is 0.102. The van der Waals surface area contributed by atoms with Crippen LogP contribution in [0.5, 0.6) is 0 Å². The molecule has 1 amide bonds. The summed E-state index contributed by atoms with van der Waals surface area (Å²) in [5, 5.41) is 2.77. The number of rotatable bonds is 2. The minimum atomic E-state index is -0.256. The minimum Gasteiger partial charge on any atom is -0.321 e. The summed E-state index contributed by atoms with van der Waals surface area (Å²) < 4.78 is 0.580. The highest BCUT2D eigenvalue weighted by Gasteiger charge is 2.12. The van der Waals surface area contributed by atoms with Crippen molar-refractivity contribution in [1.82, 2.24) is 9.97 Å². The highest BCUT2D eigenvalue weighted by molar-refractivity contribution is 9.10. The fourth-order valence-electron chi connectivity index (χ4n) is 1.33. The van der Waals surface area contributed by atoms with Gasteiger partial charge < -0.3 is 5.32 Å². The molecule has 4 nitrogen and oxygen atoms in total. The van der Waals surface area contributed by atoms with Crippen molar-refractivity contribution in [3.05, 3.63) is 52.5 Å². The van der Waals surface area contributed by atoms with E-state index in [4.69, 9.17) is 0 Å². The van der Waals surface area contributed by atoms with Crippen molar-refractivity contribution in [2.75, 3.05) is 5.32 Å². The van der Waals surface area contributed by atoms with Crippen LogP contribution >= 0.6 is 15.9 Å². The van der Waals surface area contributed by atoms with Crippen LogP contribution in [0.1, 0.15) is 16.3 Å². The summed E-state index contributed by atoms with van der Waals surface area (Å²) in [5.74, 6) is 0.306. The highest BCUT2D eigenvalue weighted by Crippen LogP contribution is 2.15. The predicted octanol–water partition coefficient (Wildman–Crippen LogP) is 2.80. The zero-order chi connectivity index (χ0) is 12.3. The van der Waals surface area contributed by atoms with E-state index >= 15 is 0 Å². The first-order valence-corrected chi connectivity index (χ1v) is 5.81. The number of hydrogen-bond acceptors (Lipinski definition) is 3. The van der Waals surface area contributed by atoms with Crippen LogP contribution in [0.4, 0.5) is 5.69 Å². The van der Waals surface area contributed by atoms with Crippen LogP contribution in [0.3, 0.4) is 0 Å². The van der Waals surface area contributed by atoms with Gasteiger partial charge in [-0.25, -0.2) is 9.97 Å². The summed E-state index contributed by atoms with van der Waals surface area (Å²) in [5.41, 5.74) is 1.07. The Balaban J connectivity index is 2.23. The van der Waals surface area contributed by atoms with Crippen molar-refractivity contribution in [3.63, 3.8) is 0 Å². The SMILES string of the molecule is Cc1ncc(Br)c(C(=O)Nc2ccccc2)n1. The number of aromatic nitrogens is 2. The number of benzene rings is 1. The molecule has 0 spiro atoms. The number of aryl methyl sites for hydroxylation is 1. The topological polar surface area (TPSA) is 54.9 Å². The van der Waals surface area contributed by atoms with E-state index in [9.17, 15) is 4.79 Å². The summed E-state index contributed by atoms with van der Waals surface area (Å²) in [4.78, 5) is 20.0. The van der Waals surface area contributed by atoms with Gasteiger partial charge in [0.2, 0.25) is 0 Å². The molecule has 0 fully saturated rings. The monoisotopic (exact) mass is 291 g/mol. The van der Waals surface area contributed by atoms with E-state index in [2.05, 4.69) is 31.2 Å². The average Bonchev–Trinajstić information content (AvgIpc) is 2.33. The lowest BCUT2D eigenvalue weighted by Gasteiger charge is -2.06. The van der Waals surface area contributed by atoms with Gasteiger partial charge in [0, 0.05) is 11.9 Å². The number of anilines is 1. The fourth-order valence-corrected chi connectivity index (χ4v) is 1.70. The Hall–Kier alpha value is -1.75. The lowest BCUT2D eigenvalue weighted by Crippen LogP contribution is -2.15. The Morgan fingerprint density at radius 3 is 2.71 bits per heavy atom. The van der Waals surface area contributed by atoms with E-state index < -0.39 is 0 Å². The molecule has 86 valence electrons. The molecule has 5 heteroatoms. The van der Waals surface area contributed by atoms with Crippen molar-refractivity contribution in [2.45, 2.75) is 6.92 Å². The van der Waals surface area contributed by atoms with Gasteiger partial charge in [0.25, 0.3) is 5.91 Å². The maximum Gasteiger partial charge on any atom is 0.275 e. The first kappa shape index (κ1) is 11.7. The predicted molar refractivity (Wildman–Crippen MR) is 68.9 cm³/mol. The van der Waals surface area contributed by atoms with Gasteiger partial charge in [-0.3, -0.25) is 4.79 Å². The van der Waals surface area contributed by atoms with Crippen LogP contribution in [0.25, 0.3) is 0 Å². The summed E-state index contributed by atoms with van der Waals surface area (Å²) in [6.07, 6.45) is 1.57. The van der Waals surface area contributed by atoms with E-state index in [0.717, 1.165) is 5.69 Å². The van der Waals surface area contributed by atoms with Crippen molar-refractivity contribution in [2.24, 2.45) is 0 Å². The Morgan fingerprint density at radius 2 is 2.00 bits per heavy atom. The summed E-state index contributed by atoms with van der Waals surface area (Å²) in [6.45, 7) is 1.74. The molecule has 0 saturated heterocycles. The zero-order valence-electron chi connectivity index (χ0n) is 9.14. The van der Waals surface area contributed by atoms with Crippen LogP contribution < -0.4 is 5.32 Å². The normalized spacial score (nSPS) is 10.0. The Bertz CT molecular complexity index is 543. The smallest absolute Gasteiger partial charge is 0.275 e. The van der Waals surface area contributed by atoms with E-state index in [-0.39, 0.29) is 5.91 Å². The molecule has 1 heterocycles. The molecule has 0 aliphatic heterocycles. The van der Waals surface area contributed by atoms with Gasteiger partial charge in [-0.2, -0.15) is 0 Å². The Kier molecular flexibility index (Phi) is 3.49. The minimum absolute atomic E-state index is 0.256. The van der Waals surface area contributed by atoms with Crippen molar-refractivity contribution < 1.29 is 4.79 Å². The number of hydrogen-bond donors (Lipinski definition) is 1. The van der Waals surface area contributed by atoms with Crippen LogP contribution in [-0.2, 0) is 0 Å². The van der Waals surface area contributed by atoms with Gasteiger partial charge in [-0.15, -0.1) is 0 Å². The van der Waals surface area contributed by atoms with Gasteiger partial charge >= 0.3 is 0 Å². The number of carbonyl (C=O) groups excluding carboxylic acids is 1. The molecule has 1 aromatic heterocycles. The molecular formula is C12H10BrN3O. The molecule has 0 aliphatic rings. The Morgan fingerprint density at radius 1 is 1.29 bits per heavy atom. The van der Waals surface area contributed by atoms with Crippen molar-refractivity contribution in [1.29, 1.82) is 0 Å². The molecule has 0 radical (unpaired) electrons. The second-order valence-electron chi connectivity index (χ2n) is 3.43. The van der Waals surface area contributed by atoms with E-state index in [0.29, 0.717) is 16.0 Å². The molecule has 2 aromatic rings. The van der Waals surface area contributed by atoms with Crippen LogP contribution in [0, 0.1) is 6.92 Å².